The molecule has 0 aliphatic heterocycles. The SMILES string of the molecule is BrCCCC#Cc1ccccc1. The summed E-state index contributed by atoms with van der Waals surface area (Å²) in [6.07, 6.45) is 2.10. The molecule has 0 fully saturated rings. The van der Waals surface area contributed by atoms with Crippen molar-refractivity contribution in [3.63, 3.8) is 0 Å². The monoisotopic (exact) mass is 222 g/mol. The number of benzene rings is 1. The van der Waals surface area contributed by atoms with Crippen molar-refractivity contribution in [3.8, 4) is 11.8 Å². The summed E-state index contributed by atoms with van der Waals surface area (Å²) in [5.74, 6) is 6.23. The summed E-state index contributed by atoms with van der Waals surface area (Å²) in [4.78, 5) is 0. The number of hydrogen-bond donors (Lipinski definition) is 0. The average Bonchev–Trinajstić information content (AvgIpc) is 2.14. The van der Waals surface area contributed by atoms with E-state index in [0.717, 1.165) is 23.7 Å². The highest BCUT2D eigenvalue weighted by Crippen LogP contribution is 1.96. The Morgan fingerprint density at radius 1 is 1.17 bits per heavy atom. The molecule has 62 valence electrons. The Morgan fingerprint density at radius 3 is 2.58 bits per heavy atom. The molecule has 12 heavy (non-hydrogen) atoms. The van der Waals surface area contributed by atoms with Crippen LogP contribution in [0.15, 0.2) is 30.3 Å². The Morgan fingerprint density at radius 2 is 1.92 bits per heavy atom. The third-order valence-electron chi connectivity index (χ3n) is 1.44. The maximum atomic E-state index is 3.37. The summed E-state index contributed by atoms with van der Waals surface area (Å²) in [7, 11) is 0. The molecular weight excluding hydrogens is 212 g/mol. The van der Waals surface area contributed by atoms with Crippen molar-refractivity contribution in [2.75, 3.05) is 5.33 Å². The molecule has 0 aromatic heterocycles. The molecule has 0 aliphatic carbocycles. The van der Waals surface area contributed by atoms with Crippen molar-refractivity contribution in [1.29, 1.82) is 0 Å². The van der Waals surface area contributed by atoms with Crippen LogP contribution in [0.5, 0.6) is 0 Å². The predicted molar refractivity (Wildman–Crippen MR) is 56.3 cm³/mol. The summed E-state index contributed by atoms with van der Waals surface area (Å²) >= 11 is 3.37. The van der Waals surface area contributed by atoms with E-state index in [2.05, 4.69) is 27.8 Å². The lowest BCUT2D eigenvalue weighted by Gasteiger charge is -1.86. The fourth-order valence-electron chi connectivity index (χ4n) is 0.841. The Bertz CT molecular complexity index is 266. The molecule has 0 radical (unpaired) electrons. The Labute approximate surface area is 82.1 Å². The van der Waals surface area contributed by atoms with E-state index < -0.39 is 0 Å². The van der Waals surface area contributed by atoms with Crippen molar-refractivity contribution in [2.24, 2.45) is 0 Å². The van der Waals surface area contributed by atoms with Crippen molar-refractivity contribution < 1.29 is 0 Å². The highest BCUT2D eigenvalue weighted by atomic mass is 79.9. The van der Waals surface area contributed by atoms with Gasteiger partial charge in [0.05, 0.1) is 0 Å². The van der Waals surface area contributed by atoms with Crippen LogP contribution in [0, 0.1) is 11.8 Å². The Balaban J connectivity index is 2.44. The summed E-state index contributed by atoms with van der Waals surface area (Å²) in [6.45, 7) is 0. The smallest absolute Gasteiger partial charge is 0.0245 e. The molecule has 0 saturated carbocycles. The molecule has 1 aromatic rings. The minimum absolute atomic E-state index is 0.972. The second-order valence-electron chi connectivity index (χ2n) is 2.46. The molecule has 0 atom stereocenters. The van der Waals surface area contributed by atoms with Gasteiger partial charge in [-0.2, -0.15) is 0 Å². The maximum Gasteiger partial charge on any atom is 0.0245 e. The van der Waals surface area contributed by atoms with Gasteiger partial charge in [-0.05, 0) is 18.6 Å². The van der Waals surface area contributed by atoms with Crippen LogP contribution >= 0.6 is 15.9 Å². The van der Waals surface area contributed by atoms with Crippen molar-refractivity contribution >= 4 is 15.9 Å². The molecule has 1 aromatic carbocycles. The van der Waals surface area contributed by atoms with Gasteiger partial charge >= 0.3 is 0 Å². The van der Waals surface area contributed by atoms with E-state index in [1.165, 1.54) is 0 Å². The van der Waals surface area contributed by atoms with Gasteiger partial charge in [-0.3, -0.25) is 0 Å². The first-order valence-electron chi connectivity index (χ1n) is 4.03. The molecule has 0 nitrogen and oxygen atoms in total. The second kappa shape index (κ2) is 5.85. The second-order valence-corrected chi connectivity index (χ2v) is 3.25. The minimum atomic E-state index is 0.972. The van der Waals surface area contributed by atoms with Crippen LogP contribution in [0.1, 0.15) is 18.4 Å². The average molecular weight is 223 g/mol. The lowest BCUT2D eigenvalue weighted by molar-refractivity contribution is 1.01. The third-order valence-corrected chi connectivity index (χ3v) is 2.00. The van der Waals surface area contributed by atoms with Crippen LogP contribution in [0.4, 0.5) is 0 Å². The Hall–Kier alpha value is -0.740. The van der Waals surface area contributed by atoms with Crippen LogP contribution in [0.2, 0.25) is 0 Å². The number of rotatable bonds is 2. The quantitative estimate of drug-likeness (QED) is 0.410. The fourth-order valence-corrected chi connectivity index (χ4v) is 1.12. The summed E-state index contributed by atoms with van der Waals surface area (Å²) < 4.78 is 0. The van der Waals surface area contributed by atoms with Gasteiger partial charge in [0, 0.05) is 17.3 Å². The van der Waals surface area contributed by atoms with E-state index in [-0.39, 0.29) is 0 Å². The lowest BCUT2D eigenvalue weighted by atomic mass is 10.2. The van der Waals surface area contributed by atoms with Crippen molar-refractivity contribution in [1.82, 2.24) is 0 Å². The highest BCUT2D eigenvalue weighted by molar-refractivity contribution is 9.09. The van der Waals surface area contributed by atoms with E-state index in [9.17, 15) is 0 Å². The van der Waals surface area contributed by atoms with Crippen LogP contribution in [0.3, 0.4) is 0 Å². The van der Waals surface area contributed by atoms with Crippen LogP contribution in [0.25, 0.3) is 0 Å². The van der Waals surface area contributed by atoms with Crippen molar-refractivity contribution in [2.45, 2.75) is 12.8 Å². The molecule has 0 heterocycles. The lowest BCUT2D eigenvalue weighted by Crippen LogP contribution is -1.73. The van der Waals surface area contributed by atoms with E-state index in [0.29, 0.717) is 0 Å². The molecule has 0 saturated heterocycles. The molecular formula is C11H11Br. The van der Waals surface area contributed by atoms with Crippen LogP contribution in [-0.4, -0.2) is 5.33 Å². The minimum Gasteiger partial charge on any atom is -0.0979 e. The van der Waals surface area contributed by atoms with Gasteiger partial charge in [0.1, 0.15) is 0 Å². The van der Waals surface area contributed by atoms with E-state index in [1.54, 1.807) is 0 Å². The largest absolute Gasteiger partial charge is 0.0979 e. The zero-order valence-electron chi connectivity index (χ0n) is 6.89. The van der Waals surface area contributed by atoms with Gasteiger partial charge in [-0.15, -0.1) is 0 Å². The first kappa shape index (κ1) is 9.35. The molecule has 0 amide bonds. The standard InChI is InChI=1S/C11H11Br/c12-10-6-2-5-9-11-7-3-1-4-8-11/h1,3-4,7-8H,2,6,10H2. The van der Waals surface area contributed by atoms with Crippen LogP contribution in [-0.2, 0) is 0 Å². The fraction of sp³-hybridized carbons (Fsp3) is 0.273. The number of halogens is 1. The molecule has 0 aliphatic rings. The number of unbranched alkanes of at least 4 members (excludes halogenated alkanes) is 1. The highest BCUT2D eigenvalue weighted by Gasteiger charge is 1.81. The van der Waals surface area contributed by atoms with Crippen LogP contribution < -0.4 is 0 Å². The zero-order chi connectivity index (χ0) is 8.65. The molecule has 0 N–H and O–H groups in total. The summed E-state index contributed by atoms with van der Waals surface area (Å²) in [5, 5.41) is 1.04. The van der Waals surface area contributed by atoms with Gasteiger partial charge in [-0.25, -0.2) is 0 Å². The van der Waals surface area contributed by atoms with E-state index in [4.69, 9.17) is 0 Å². The normalized spacial score (nSPS) is 8.75. The molecule has 1 heteroatoms. The summed E-state index contributed by atoms with van der Waals surface area (Å²) in [6, 6.07) is 10.1. The van der Waals surface area contributed by atoms with Crippen molar-refractivity contribution in [3.05, 3.63) is 35.9 Å². The number of hydrogen-bond acceptors (Lipinski definition) is 0. The molecule has 0 bridgehead atoms. The van der Waals surface area contributed by atoms with E-state index in [1.807, 2.05) is 30.3 Å². The third kappa shape index (κ3) is 3.59. The number of alkyl halides is 1. The van der Waals surface area contributed by atoms with Gasteiger partial charge in [0.15, 0.2) is 0 Å². The topological polar surface area (TPSA) is 0 Å². The van der Waals surface area contributed by atoms with Gasteiger partial charge in [-0.1, -0.05) is 46.0 Å². The van der Waals surface area contributed by atoms with Gasteiger partial charge in [0.25, 0.3) is 0 Å². The Kier molecular flexibility index (Phi) is 4.56. The molecule has 0 unspecified atom stereocenters. The maximum absolute atomic E-state index is 3.37. The predicted octanol–water partition coefficient (Wildman–Crippen LogP) is 3.21. The first-order valence-corrected chi connectivity index (χ1v) is 5.15. The molecule has 1 rings (SSSR count). The van der Waals surface area contributed by atoms with Gasteiger partial charge < -0.3 is 0 Å². The first-order chi connectivity index (χ1) is 5.93. The van der Waals surface area contributed by atoms with E-state index >= 15 is 0 Å². The van der Waals surface area contributed by atoms with Gasteiger partial charge in [0.2, 0.25) is 0 Å². The summed E-state index contributed by atoms with van der Waals surface area (Å²) in [5.41, 5.74) is 1.10. The molecule has 0 spiro atoms. The zero-order valence-corrected chi connectivity index (χ0v) is 8.47.